The van der Waals surface area contributed by atoms with Crippen LogP contribution >= 0.6 is 0 Å². The number of ether oxygens (including phenoxy) is 5. The fourth-order valence-corrected chi connectivity index (χ4v) is 6.28. The van der Waals surface area contributed by atoms with Gasteiger partial charge < -0.3 is 39.4 Å². The Morgan fingerprint density at radius 2 is 1.69 bits per heavy atom. The van der Waals surface area contributed by atoms with E-state index < -0.39 is 47.8 Å². The van der Waals surface area contributed by atoms with Crippen LogP contribution < -0.4 is 20.8 Å². The Bertz CT molecular complexity index is 1620. The number of nitrogens with zero attached hydrogens (tertiary/aromatic N) is 2. The van der Waals surface area contributed by atoms with Crippen molar-refractivity contribution in [1.82, 2.24) is 26.1 Å². The molecule has 4 N–H and O–H groups in total. The third-order valence-corrected chi connectivity index (χ3v) is 9.17. The number of nitrogens with one attached hydrogen (secondary N) is 3. The molecule has 2 aliphatic heterocycles. The number of benzene rings is 2. The van der Waals surface area contributed by atoms with Gasteiger partial charge in [-0.15, -0.1) is 0 Å². The number of pyridine rings is 1. The fraction of sp³-hybridized carbons (Fsp3) is 0.474. The monoisotopic (exact) mass is 719 g/mol. The zero-order valence-corrected chi connectivity index (χ0v) is 30.2. The molecule has 14 heteroatoms. The van der Waals surface area contributed by atoms with Crippen molar-refractivity contribution in [3.05, 3.63) is 84.1 Å². The lowest BCUT2D eigenvalue weighted by atomic mass is 9.86. The molecule has 2 fully saturated rings. The van der Waals surface area contributed by atoms with E-state index in [9.17, 15) is 19.5 Å². The van der Waals surface area contributed by atoms with Gasteiger partial charge in [0.05, 0.1) is 51.2 Å². The van der Waals surface area contributed by atoms with Crippen molar-refractivity contribution in [1.29, 1.82) is 0 Å². The molecule has 14 nitrogen and oxygen atoms in total. The summed E-state index contributed by atoms with van der Waals surface area (Å²) in [5.74, 6) is 0.100. The number of amides is 3. The lowest BCUT2D eigenvalue weighted by molar-refractivity contribution is -0.131. The number of hydrogen-bond acceptors (Lipinski definition) is 11. The van der Waals surface area contributed by atoms with Crippen LogP contribution in [0.3, 0.4) is 0 Å². The number of hydrazine groups is 1. The van der Waals surface area contributed by atoms with Crippen molar-refractivity contribution in [3.8, 4) is 17.0 Å². The molecular weight excluding hydrogens is 670 g/mol. The summed E-state index contributed by atoms with van der Waals surface area (Å²) in [5, 5.41) is 18.9. The smallest absolute Gasteiger partial charge is 0.407 e. The standard InChI is InChI=1S/C38H49N5O9/c1-38(2,3)33(41-36(46)49-5)34(45)42-43(21-25-9-13-26(14-10-25)29-8-6-7-18-39-29)22-31(44)30(20-24-11-15-27(48-4)16-12-24)40-37(47)52-32-23-51-35-28(32)17-19-50-35/h6-16,18,28,30-33,35,44H,17,19-23H2,1-5H3,(H,40,47)(H,41,46)(H,42,45)/t28-,30-,31-,32-,33+,35+/m0/s1. The van der Waals surface area contributed by atoms with E-state index in [2.05, 4.69) is 21.0 Å². The second-order valence-electron chi connectivity index (χ2n) is 14.0. The van der Waals surface area contributed by atoms with Crippen molar-refractivity contribution in [3.63, 3.8) is 0 Å². The van der Waals surface area contributed by atoms with Crippen molar-refractivity contribution in [2.45, 2.75) is 70.7 Å². The van der Waals surface area contributed by atoms with Crippen molar-refractivity contribution >= 4 is 18.1 Å². The predicted molar refractivity (Wildman–Crippen MR) is 191 cm³/mol. The molecule has 2 aliphatic rings. The van der Waals surface area contributed by atoms with Gasteiger partial charge in [0.1, 0.15) is 17.9 Å². The summed E-state index contributed by atoms with van der Waals surface area (Å²) in [6.45, 7) is 6.29. The summed E-state index contributed by atoms with van der Waals surface area (Å²) >= 11 is 0. The van der Waals surface area contributed by atoms with E-state index >= 15 is 0 Å². The maximum Gasteiger partial charge on any atom is 0.407 e. The number of fused-ring (bicyclic) bond motifs is 1. The van der Waals surface area contributed by atoms with Gasteiger partial charge in [-0.1, -0.05) is 63.2 Å². The van der Waals surface area contributed by atoms with Crippen LogP contribution in [0.25, 0.3) is 11.3 Å². The Hall–Kier alpha value is -4.76. The maximum atomic E-state index is 13.8. The van der Waals surface area contributed by atoms with Crippen LogP contribution in [0.2, 0.25) is 0 Å². The molecule has 280 valence electrons. The molecule has 52 heavy (non-hydrogen) atoms. The summed E-state index contributed by atoms with van der Waals surface area (Å²) in [6, 6.07) is 18.9. The minimum atomic E-state index is -1.20. The average Bonchev–Trinajstić information content (AvgIpc) is 3.76. The summed E-state index contributed by atoms with van der Waals surface area (Å²) in [6.07, 6.45) is -0.835. The van der Waals surface area contributed by atoms with Crippen molar-refractivity contribution < 1.29 is 43.2 Å². The predicted octanol–water partition coefficient (Wildman–Crippen LogP) is 3.82. The van der Waals surface area contributed by atoms with Gasteiger partial charge in [-0.05, 0) is 53.6 Å². The fourth-order valence-electron chi connectivity index (χ4n) is 6.28. The lowest BCUT2D eigenvalue weighted by Gasteiger charge is -2.34. The molecule has 6 atom stereocenters. The molecular formula is C38H49N5O9. The van der Waals surface area contributed by atoms with Crippen LogP contribution in [-0.4, -0.2) is 97.8 Å². The molecule has 3 heterocycles. The Kier molecular flexibility index (Phi) is 13.1. The highest BCUT2D eigenvalue weighted by molar-refractivity contribution is 5.86. The molecule has 2 saturated heterocycles. The highest BCUT2D eigenvalue weighted by atomic mass is 16.7. The topological polar surface area (TPSA) is 170 Å². The van der Waals surface area contributed by atoms with E-state index in [-0.39, 0.29) is 38.3 Å². The van der Waals surface area contributed by atoms with E-state index in [1.165, 1.54) is 7.11 Å². The highest BCUT2D eigenvalue weighted by Gasteiger charge is 2.44. The van der Waals surface area contributed by atoms with Crippen LogP contribution in [0.1, 0.15) is 38.3 Å². The van der Waals surface area contributed by atoms with E-state index in [0.717, 1.165) is 28.8 Å². The van der Waals surface area contributed by atoms with E-state index in [0.29, 0.717) is 12.4 Å². The van der Waals surface area contributed by atoms with E-state index in [4.69, 9.17) is 23.7 Å². The first-order chi connectivity index (χ1) is 24.9. The summed E-state index contributed by atoms with van der Waals surface area (Å²) < 4.78 is 27.1. The summed E-state index contributed by atoms with van der Waals surface area (Å²) in [5.41, 5.74) is 5.61. The molecule has 0 spiro atoms. The van der Waals surface area contributed by atoms with Gasteiger partial charge in [0.15, 0.2) is 6.29 Å². The Morgan fingerprint density at radius 3 is 2.35 bits per heavy atom. The number of aromatic nitrogens is 1. The quantitative estimate of drug-likeness (QED) is 0.179. The number of alkyl carbamates (subject to hydrolysis) is 2. The third kappa shape index (κ3) is 10.4. The van der Waals surface area contributed by atoms with Crippen LogP contribution in [0.4, 0.5) is 9.59 Å². The first kappa shape index (κ1) is 38.5. The normalized spacial score (nSPS) is 19.9. The number of aliphatic hydroxyl groups excluding tert-OH is 1. The lowest BCUT2D eigenvalue weighted by Crippen LogP contribution is -2.59. The minimum absolute atomic E-state index is 0.0557. The number of rotatable bonds is 14. The van der Waals surface area contributed by atoms with Gasteiger partial charge in [-0.25, -0.2) is 14.6 Å². The van der Waals surface area contributed by atoms with Gasteiger partial charge in [0, 0.05) is 24.8 Å². The van der Waals surface area contributed by atoms with Gasteiger partial charge in [0.25, 0.3) is 5.91 Å². The van der Waals surface area contributed by atoms with Crippen LogP contribution in [0.15, 0.2) is 72.9 Å². The molecule has 0 unspecified atom stereocenters. The Morgan fingerprint density at radius 1 is 0.962 bits per heavy atom. The van der Waals surface area contributed by atoms with Gasteiger partial charge in [-0.3, -0.25) is 15.2 Å². The number of aliphatic hydroxyl groups is 1. The van der Waals surface area contributed by atoms with Crippen LogP contribution in [0.5, 0.6) is 5.75 Å². The Labute approximate surface area is 304 Å². The van der Waals surface area contributed by atoms with Gasteiger partial charge >= 0.3 is 12.2 Å². The molecule has 3 aromatic rings. The molecule has 2 aromatic carbocycles. The first-order valence-electron chi connectivity index (χ1n) is 17.3. The van der Waals surface area contributed by atoms with Crippen LogP contribution in [-0.2, 0) is 36.7 Å². The SMILES string of the molecule is COC(=O)N[C@H](C(=O)NN(Cc1ccc(-c2ccccn2)cc1)C[C@H](O)[C@H](Cc1ccc(OC)cc1)NC(=O)O[C@H]1CO[C@H]2OCC[C@H]21)C(C)(C)C. The molecule has 0 radical (unpaired) electrons. The van der Waals surface area contributed by atoms with E-state index in [1.54, 1.807) is 30.4 Å². The second-order valence-corrected chi connectivity index (χ2v) is 14.0. The largest absolute Gasteiger partial charge is 0.497 e. The molecule has 0 aliphatic carbocycles. The third-order valence-electron chi connectivity index (χ3n) is 9.17. The molecule has 1 aromatic heterocycles. The second kappa shape index (κ2) is 17.6. The van der Waals surface area contributed by atoms with Gasteiger partial charge in [0.2, 0.25) is 0 Å². The van der Waals surface area contributed by atoms with Crippen molar-refractivity contribution in [2.75, 3.05) is 34.0 Å². The molecule has 0 saturated carbocycles. The molecule has 0 bridgehead atoms. The summed E-state index contributed by atoms with van der Waals surface area (Å²) in [4.78, 5) is 43.8. The first-order valence-corrected chi connectivity index (χ1v) is 17.3. The zero-order chi connectivity index (χ0) is 37.3. The minimum Gasteiger partial charge on any atom is -0.497 e. The number of carbonyl (C=O) groups is 3. The molecule has 3 amide bonds. The maximum absolute atomic E-state index is 13.8. The average molecular weight is 720 g/mol. The van der Waals surface area contributed by atoms with E-state index in [1.807, 2.05) is 75.4 Å². The zero-order valence-electron chi connectivity index (χ0n) is 30.2. The molecule has 5 rings (SSSR count). The summed E-state index contributed by atoms with van der Waals surface area (Å²) in [7, 11) is 2.80. The van der Waals surface area contributed by atoms with Gasteiger partial charge in [-0.2, -0.15) is 0 Å². The van der Waals surface area contributed by atoms with Crippen LogP contribution in [0, 0.1) is 11.3 Å². The number of hydrogen-bond donors (Lipinski definition) is 4. The van der Waals surface area contributed by atoms with Crippen molar-refractivity contribution in [2.24, 2.45) is 11.3 Å². The highest BCUT2D eigenvalue weighted by Crippen LogP contribution is 2.33. The Balaban J connectivity index is 1.37. The number of carbonyl (C=O) groups excluding carboxylic acids is 3. The number of methoxy groups -OCH3 is 2.